The van der Waals surface area contributed by atoms with Gasteiger partial charge in [0.2, 0.25) is 0 Å². The van der Waals surface area contributed by atoms with Gasteiger partial charge in [0.1, 0.15) is 6.04 Å². The van der Waals surface area contributed by atoms with Crippen molar-refractivity contribution in [2.75, 3.05) is 6.54 Å². The molecule has 2 rings (SSSR count). The lowest BCUT2D eigenvalue weighted by Crippen LogP contribution is -2.51. The van der Waals surface area contributed by atoms with Gasteiger partial charge in [-0.05, 0) is 36.1 Å². The average Bonchev–Trinajstić information content (AvgIpc) is 2.90. The minimum Gasteiger partial charge on any atom is -0.480 e. The molecule has 1 aliphatic rings. The number of nitrogens with zero attached hydrogens (tertiary/aromatic N) is 1. The lowest BCUT2D eigenvalue weighted by atomic mass is 9.85. The predicted molar refractivity (Wildman–Crippen MR) is 74.3 cm³/mol. The van der Waals surface area contributed by atoms with E-state index in [0.717, 1.165) is 6.42 Å². The van der Waals surface area contributed by atoms with E-state index in [1.165, 1.54) is 11.3 Å². The van der Waals surface area contributed by atoms with Gasteiger partial charge in [0.15, 0.2) is 0 Å². The molecule has 1 aliphatic heterocycles. The van der Waals surface area contributed by atoms with E-state index < -0.39 is 12.0 Å². The van der Waals surface area contributed by atoms with Crippen LogP contribution in [0.25, 0.3) is 0 Å². The molecule has 0 aliphatic carbocycles. The molecule has 104 valence electrons. The van der Waals surface area contributed by atoms with Crippen molar-refractivity contribution in [2.45, 2.75) is 32.7 Å². The number of hydrogen-bond donors (Lipinski definition) is 1. The number of aliphatic carboxylic acids is 1. The summed E-state index contributed by atoms with van der Waals surface area (Å²) in [5.41, 5.74) is 0. The Morgan fingerprint density at radius 1 is 1.42 bits per heavy atom. The van der Waals surface area contributed by atoms with Crippen LogP contribution in [0.1, 0.15) is 36.4 Å². The molecule has 2 atom stereocenters. The van der Waals surface area contributed by atoms with Crippen LogP contribution >= 0.6 is 11.3 Å². The lowest BCUT2D eigenvalue weighted by molar-refractivity contribution is -0.144. The van der Waals surface area contributed by atoms with Crippen molar-refractivity contribution in [1.82, 2.24) is 4.90 Å². The van der Waals surface area contributed by atoms with Gasteiger partial charge in [-0.25, -0.2) is 4.79 Å². The lowest BCUT2D eigenvalue weighted by Gasteiger charge is -2.38. The zero-order chi connectivity index (χ0) is 14.0. The highest BCUT2D eigenvalue weighted by atomic mass is 32.1. The third-order valence-corrected chi connectivity index (χ3v) is 4.70. The minimum absolute atomic E-state index is 0.146. The fraction of sp³-hybridized carbons (Fsp3) is 0.571. The minimum atomic E-state index is -0.896. The highest BCUT2D eigenvalue weighted by Crippen LogP contribution is 2.29. The van der Waals surface area contributed by atoms with Crippen LogP contribution in [-0.2, 0) is 4.79 Å². The zero-order valence-corrected chi connectivity index (χ0v) is 12.0. The molecule has 4 nitrogen and oxygen atoms in total. The Balaban J connectivity index is 2.20. The predicted octanol–water partition coefficient (Wildman–Crippen LogP) is 2.71. The first-order chi connectivity index (χ1) is 9.00. The Morgan fingerprint density at radius 2 is 2.16 bits per heavy atom. The third-order valence-electron chi connectivity index (χ3n) is 3.84. The SMILES string of the molecule is CC(C)C1CCC(C(=O)O)N(C(=O)c2cccs2)C1. The monoisotopic (exact) mass is 281 g/mol. The summed E-state index contributed by atoms with van der Waals surface area (Å²) >= 11 is 1.36. The van der Waals surface area contributed by atoms with E-state index >= 15 is 0 Å². The van der Waals surface area contributed by atoms with Crippen molar-refractivity contribution in [3.05, 3.63) is 22.4 Å². The Labute approximate surface area is 117 Å². The molecule has 1 aromatic heterocycles. The van der Waals surface area contributed by atoms with Gasteiger partial charge in [-0.15, -0.1) is 11.3 Å². The van der Waals surface area contributed by atoms with E-state index in [1.807, 2.05) is 11.4 Å². The Bertz CT molecular complexity index is 455. The number of carbonyl (C=O) groups excluding carboxylic acids is 1. The van der Waals surface area contributed by atoms with E-state index in [-0.39, 0.29) is 5.91 Å². The van der Waals surface area contributed by atoms with Crippen LogP contribution in [0, 0.1) is 11.8 Å². The van der Waals surface area contributed by atoms with Gasteiger partial charge in [-0.2, -0.15) is 0 Å². The number of carbonyl (C=O) groups is 2. The molecule has 0 bridgehead atoms. The Hall–Kier alpha value is -1.36. The maximum atomic E-state index is 12.4. The maximum Gasteiger partial charge on any atom is 0.326 e. The molecule has 2 unspecified atom stereocenters. The summed E-state index contributed by atoms with van der Waals surface area (Å²) in [6.45, 7) is 4.80. The summed E-state index contributed by atoms with van der Waals surface area (Å²) in [5, 5.41) is 11.1. The van der Waals surface area contributed by atoms with Crippen molar-refractivity contribution in [3.8, 4) is 0 Å². The summed E-state index contributed by atoms with van der Waals surface area (Å²) in [4.78, 5) is 25.9. The highest BCUT2D eigenvalue weighted by molar-refractivity contribution is 7.12. The molecule has 0 spiro atoms. The van der Waals surface area contributed by atoms with Gasteiger partial charge < -0.3 is 10.0 Å². The van der Waals surface area contributed by atoms with Gasteiger partial charge in [0.05, 0.1) is 4.88 Å². The molecule has 0 saturated carbocycles. The fourth-order valence-corrected chi connectivity index (χ4v) is 3.25. The Kier molecular flexibility index (Phi) is 4.24. The van der Waals surface area contributed by atoms with E-state index in [4.69, 9.17) is 0 Å². The topological polar surface area (TPSA) is 57.6 Å². The quantitative estimate of drug-likeness (QED) is 0.926. The van der Waals surface area contributed by atoms with Crippen molar-refractivity contribution in [2.24, 2.45) is 11.8 Å². The van der Waals surface area contributed by atoms with Crippen LogP contribution in [0.2, 0.25) is 0 Å². The zero-order valence-electron chi connectivity index (χ0n) is 11.2. The highest BCUT2D eigenvalue weighted by Gasteiger charge is 2.37. The molecular weight excluding hydrogens is 262 g/mol. The summed E-state index contributed by atoms with van der Waals surface area (Å²) in [5.74, 6) is -0.187. The molecule has 0 aromatic carbocycles. The van der Waals surface area contributed by atoms with E-state index in [2.05, 4.69) is 13.8 Å². The first-order valence-corrected chi connectivity index (χ1v) is 7.46. The summed E-state index contributed by atoms with van der Waals surface area (Å²) in [7, 11) is 0. The molecule has 1 N–H and O–H groups in total. The third kappa shape index (κ3) is 2.97. The van der Waals surface area contributed by atoms with E-state index in [0.29, 0.717) is 29.7 Å². The smallest absolute Gasteiger partial charge is 0.326 e. The number of thiophene rings is 1. The second-order valence-corrected chi connectivity index (χ2v) is 6.32. The standard InChI is InChI=1S/C14H19NO3S/c1-9(2)10-5-6-11(14(17)18)15(8-10)13(16)12-4-3-7-19-12/h3-4,7,9-11H,5-6,8H2,1-2H3,(H,17,18). The molecule has 2 heterocycles. The summed E-state index contributed by atoms with van der Waals surface area (Å²) < 4.78 is 0. The van der Waals surface area contributed by atoms with Crippen molar-refractivity contribution in [3.63, 3.8) is 0 Å². The second-order valence-electron chi connectivity index (χ2n) is 5.37. The van der Waals surface area contributed by atoms with Crippen LogP contribution in [-0.4, -0.2) is 34.5 Å². The van der Waals surface area contributed by atoms with Crippen molar-refractivity contribution < 1.29 is 14.7 Å². The van der Waals surface area contributed by atoms with Crippen LogP contribution in [0.5, 0.6) is 0 Å². The number of carboxylic acids is 1. The molecular formula is C14H19NO3S. The fourth-order valence-electron chi connectivity index (χ4n) is 2.57. The summed E-state index contributed by atoms with van der Waals surface area (Å²) in [6, 6.07) is 2.90. The molecule has 1 saturated heterocycles. The van der Waals surface area contributed by atoms with Gasteiger partial charge in [0.25, 0.3) is 5.91 Å². The van der Waals surface area contributed by atoms with E-state index in [9.17, 15) is 14.7 Å². The number of piperidine rings is 1. The van der Waals surface area contributed by atoms with Gasteiger partial charge in [-0.1, -0.05) is 19.9 Å². The average molecular weight is 281 g/mol. The van der Waals surface area contributed by atoms with Gasteiger partial charge in [0, 0.05) is 6.54 Å². The molecule has 1 amide bonds. The van der Waals surface area contributed by atoms with Crippen LogP contribution < -0.4 is 0 Å². The molecule has 0 radical (unpaired) electrons. The number of hydrogen-bond acceptors (Lipinski definition) is 3. The Morgan fingerprint density at radius 3 is 2.68 bits per heavy atom. The second kappa shape index (κ2) is 5.74. The van der Waals surface area contributed by atoms with Crippen LogP contribution in [0.4, 0.5) is 0 Å². The molecule has 1 aromatic rings. The molecule has 5 heteroatoms. The van der Waals surface area contributed by atoms with Crippen molar-refractivity contribution >= 4 is 23.2 Å². The van der Waals surface area contributed by atoms with Gasteiger partial charge in [-0.3, -0.25) is 4.79 Å². The normalized spacial score (nSPS) is 23.6. The first-order valence-electron chi connectivity index (χ1n) is 6.58. The largest absolute Gasteiger partial charge is 0.480 e. The number of amides is 1. The molecule has 19 heavy (non-hydrogen) atoms. The maximum absolute atomic E-state index is 12.4. The number of carboxylic acid groups (broad SMARTS) is 1. The van der Waals surface area contributed by atoms with Crippen LogP contribution in [0.3, 0.4) is 0 Å². The first kappa shape index (κ1) is 14.1. The molecule has 1 fully saturated rings. The summed E-state index contributed by atoms with van der Waals surface area (Å²) in [6.07, 6.45) is 1.43. The van der Waals surface area contributed by atoms with Crippen molar-refractivity contribution in [1.29, 1.82) is 0 Å². The van der Waals surface area contributed by atoms with Crippen LogP contribution in [0.15, 0.2) is 17.5 Å². The van der Waals surface area contributed by atoms with E-state index in [1.54, 1.807) is 11.0 Å². The number of rotatable bonds is 3. The van der Waals surface area contributed by atoms with Gasteiger partial charge >= 0.3 is 5.97 Å². The number of likely N-dealkylation sites (tertiary alicyclic amines) is 1.